The van der Waals surface area contributed by atoms with Crippen molar-refractivity contribution in [2.45, 2.75) is 39.0 Å². The summed E-state index contributed by atoms with van der Waals surface area (Å²) in [5.74, 6) is 0.960. The summed E-state index contributed by atoms with van der Waals surface area (Å²) in [6.45, 7) is 4.20. The summed E-state index contributed by atoms with van der Waals surface area (Å²) in [5.41, 5.74) is 13.8. The lowest BCUT2D eigenvalue weighted by molar-refractivity contribution is 0.277. The highest BCUT2D eigenvalue weighted by atomic mass is 16.5. The number of hydrogen-bond acceptors (Lipinski definition) is 3. The highest BCUT2D eigenvalue weighted by Crippen LogP contribution is 2.47. The van der Waals surface area contributed by atoms with Gasteiger partial charge in [-0.2, -0.15) is 5.26 Å². The third-order valence-electron chi connectivity index (χ3n) is 5.73. The quantitative estimate of drug-likeness (QED) is 0.747. The van der Waals surface area contributed by atoms with Crippen LogP contribution >= 0.6 is 0 Å². The van der Waals surface area contributed by atoms with Gasteiger partial charge in [-0.25, -0.2) is 0 Å². The molecule has 1 heterocycles. The summed E-state index contributed by atoms with van der Waals surface area (Å²) in [5, 5.41) is 9.81. The number of allylic oxidation sites excluding steroid dienone is 3. The van der Waals surface area contributed by atoms with Crippen LogP contribution in [0.15, 0.2) is 76.9 Å². The first-order valence-corrected chi connectivity index (χ1v) is 9.73. The van der Waals surface area contributed by atoms with Crippen LogP contribution in [-0.4, -0.2) is 0 Å². The number of hydrogen-bond donors (Lipinski definition) is 1. The second-order valence-corrected chi connectivity index (χ2v) is 7.52. The van der Waals surface area contributed by atoms with Gasteiger partial charge in [0, 0.05) is 5.92 Å². The molecule has 2 aliphatic rings. The van der Waals surface area contributed by atoms with E-state index in [4.69, 9.17) is 10.5 Å². The monoisotopic (exact) mass is 368 g/mol. The molecule has 0 fully saturated rings. The third kappa shape index (κ3) is 3.12. The Kier molecular flexibility index (Phi) is 4.79. The molecule has 0 saturated heterocycles. The predicted molar refractivity (Wildman–Crippen MR) is 112 cm³/mol. The summed E-state index contributed by atoms with van der Waals surface area (Å²) in [4.78, 5) is 0. The molecule has 0 bridgehead atoms. The maximum Gasteiger partial charge on any atom is 0.205 e. The van der Waals surface area contributed by atoms with Crippen LogP contribution in [0, 0.1) is 25.2 Å². The molecule has 0 amide bonds. The van der Waals surface area contributed by atoms with Gasteiger partial charge in [-0.15, -0.1) is 0 Å². The van der Waals surface area contributed by atoms with Gasteiger partial charge in [0.15, 0.2) is 0 Å². The molecule has 0 spiro atoms. The van der Waals surface area contributed by atoms with Gasteiger partial charge in [-0.1, -0.05) is 48.5 Å². The predicted octanol–water partition coefficient (Wildman–Crippen LogP) is 5.63. The highest BCUT2D eigenvalue weighted by molar-refractivity contribution is 5.64. The van der Waals surface area contributed by atoms with Gasteiger partial charge in [0.05, 0.1) is 0 Å². The standard InChI is InChI=1S/C25H24N2O/c1-16-8-3-5-10-18(16)14-19-11-7-13-21-23(20-12-6-4-9-17(20)2)22(15-26)25(27)28-24(19)21/h3-6,8-10,12,14,23H,7,11,13,27H2,1-2H3/b19-14-/t23-/m1/s1. The van der Waals surface area contributed by atoms with Crippen LogP contribution in [-0.2, 0) is 4.74 Å². The lowest BCUT2D eigenvalue weighted by Crippen LogP contribution is -2.24. The van der Waals surface area contributed by atoms with Gasteiger partial charge >= 0.3 is 0 Å². The second-order valence-electron chi connectivity index (χ2n) is 7.52. The van der Waals surface area contributed by atoms with E-state index in [1.54, 1.807) is 0 Å². The summed E-state index contributed by atoms with van der Waals surface area (Å²) in [7, 11) is 0. The van der Waals surface area contributed by atoms with Crippen molar-refractivity contribution in [2.75, 3.05) is 0 Å². The minimum atomic E-state index is -0.129. The van der Waals surface area contributed by atoms with Crippen molar-refractivity contribution in [2.24, 2.45) is 5.73 Å². The van der Waals surface area contributed by atoms with Crippen molar-refractivity contribution in [3.8, 4) is 6.07 Å². The largest absolute Gasteiger partial charge is 0.440 e. The van der Waals surface area contributed by atoms with Crippen LogP contribution < -0.4 is 5.73 Å². The first-order chi connectivity index (χ1) is 13.6. The number of nitrogens with two attached hydrogens (primary N) is 1. The first kappa shape index (κ1) is 18.1. The van der Waals surface area contributed by atoms with E-state index in [0.29, 0.717) is 5.57 Å². The Balaban J connectivity index is 1.88. The van der Waals surface area contributed by atoms with E-state index in [1.807, 2.05) is 18.2 Å². The van der Waals surface area contributed by atoms with Gasteiger partial charge in [-0.3, -0.25) is 0 Å². The molecular weight excluding hydrogens is 344 g/mol. The second kappa shape index (κ2) is 7.40. The molecule has 1 aliphatic heterocycles. The fourth-order valence-electron chi connectivity index (χ4n) is 4.24. The van der Waals surface area contributed by atoms with E-state index in [1.165, 1.54) is 16.7 Å². The Morgan fingerprint density at radius 1 is 1.04 bits per heavy atom. The topological polar surface area (TPSA) is 59.0 Å². The summed E-state index contributed by atoms with van der Waals surface area (Å²) in [6.07, 6.45) is 5.12. The Bertz CT molecular complexity index is 1070. The van der Waals surface area contributed by atoms with E-state index < -0.39 is 0 Å². The molecule has 0 unspecified atom stereocenters. The van der Waals surface area contributed by atoms with E-state index in [2.05, 4.69) is 56.3 Å². The van der Waals surface area contributed by atoms with E-state index in [0.717, 1.165) is 41.7 Å². The van der Waals surface area contributed by atoms with Crippen molar-refractivity contribution < 1.29 is 4.74 Å². The zero-order valence-electron chi connectivity index (χ0n) is 16.3. The fourth-order valence-corrected chi connectivity index (χ4v) is 4.24. The number of rotatable bonds is 2. The maximum atomic E-state index is 9.81. The molecule has 2 aromatic rings. The highest BCUT2D eigenvalue weighted by Gasteiger charge is 2.36. The Hall–Kier alpha value is -3.25. The van der Waals surface area contributed by atoms with Gasteiger partial charge in [0.2, 0.25) is 5.88 Å². The SMILES string of the molecule is Cc1ccccc1/C=C1/CCCC2=C1OC(N)=C(C#N)[C@@H]2c1ccccc1C. The fraction of sp³-hybridized carbons (Fsp3) is 0.240. The number of nitrogens with zero attached hydrogens (tertiary/aromatic N) is 1. The zero-order chi connectivity index (χ0) is 19.7. The maximum absolute atomic E-state index is 9.81. The molecule has 3 heteroatoms. The van der Waals surface area contributed by atoms with Crippen LogP contribution in [0.1, 0.15) is 47.4 Å². The van der Waals surface area contributed by atoms with Crippen LogP contribution in [0.5, 0.6) is 0 Å². The van der Waals surface area contributed by atoms with Crippen molar-refractivity contribution in [1.29, 1.82) is 5.26 Å². The molecule has 2 N–H and O–H groups in total. The van der Waals surface area contributed by atoms with Crippen molar-refractivity contribution in [3.05, 3.63) is 99.1 Å². The molecule has 3 nitrogen and oxygen atoms in total. The molecule has 4 rings (SSSR count). The third-order valence-corrected chi connectivity index (χ3v) is 5.73. The van der Waals surface area contributed by atoms with Crippen LogP contribution in [0.2, 0.25) is 0 Å². The summed E-state index contributed by atoms with van der Waals surface area (Å²) >= 11 is 0. The van der Waals surface area contributed by atoms with Gasteiger partial charge in [-0.05, 0) is 72.6 Å². The molecule has 1 atom stereocenters. The number of benzene rings is 2. The van der Waals surface area contributed by atoms with E-state index in [-0.39, 0.29) is 11.8 Å². The van der Waals surface area contributed by atoms with Crippen LogP contribution in [0.25, 0.3) is 6.08 Å². The first-order valence-electron chi connectivity index (χ1n) is 9.73. The van der Waals surface area contributed by atoms with Crippen molar-refractivity contribution >= 4 is 6.08 Å². The van der Waals surface area contributed by atoms with Gasteiger partial charge < -0.3 is 10.5 Å². The van der Waals surface area contributed by atoms with Crippen LogP contribution in [0.4, 0.5) is 0 Å². The lowest BCUT2D eigenvalue weighted by atomic mass is 9.76. The molecule has 0 aromatic heterocycles. The number of ether oxygens (including phenoxy) is 1. The Morgan fingerprint density at radius 2 is 1.75 bits per heavy atom. The molecule has 1 aliphatic carbocycles. The smallest absolute Gasteiger partial charge is 0.205 e. The molecule has 0 radical (unpaired) electrons. The van der Waals surface area contributed by atoms with Gasteiger partial charge in [0.25, 0.3) is 0 Å². The average molecular weight is 368 g/mol. The lowest BCUT2D eigenvalue weighted by Gasteiger charge is -2.34. The zero-order valence-corrected chi connectivity index (χ0v) is 16.3. The molecule has 140 valence electrons. The molecule has 2 aromatic carbocycles. The summed E-state index contributed by atoms with van der Waals surface area (Å²) < 4.78 is 6.06. The summed E-state index contributed by atoms with van der Waals surface area (Å²) in [6, 6.07) is 18.9. The molecule has 0 saturated carbocycles. The normalized spacial score (nSPS) is 20.6. The average Bonchev–Trinajstić information content (AvgIpc) is 2.70. The van der Waals surface area contributed by atoms with Crippen LogP contribution in [0.3, 0.4) is 0 Å². The molecule has 28 heavy (non-hydrogen) atoms. The molecular formula is C25H24N2O. The Morgan fingerprint density at radius 3 is 2.46 bits per heavy atom. The van der Waals surface area contributed by atoms with E-state index in [9.17, 15) is 5.26 Å². The van der Waals surface area contributed by atoms with Crippen molar-refractivity contribution in [3.63, 3.8) is 0 Å². The minimum absolute atomic E-state index is 0.129. The number of aryl methyl sites for hydroxylation is 2. The van der Waals surface area contributed by atoms with Crippen molar-refractivity contribution in [1.82, 2.24) is 0 Å². The Labute approximate surface area is 166 Å². The van der Waals surface area contributed by atoms with E-state index >= 15 is 0 Å². The van der Waals surface area contributed by atoms with Gasteiger partial charge in [0.1, 0.15) is 17.4 Å². The minimum Gasteiger partial charge on any atom is -0.440 e. The number of nitriles is 1.